The SMILES string of the molecule is COc1ccc(C(=O)OC[C@H]2OC(OC)[C@@H](F)[C@@H]2OC(=O)c2ccc(OC)cc2)cc1. The van der Waals surface area contributed by atoms with Gasteiger partial charge in [0.1, 0.15) is 24.2 Å². The number of carbonyl (C=O) groups is 2. The fraction of sp³-hybridized carbons (Fsp3) is 0.364. The molecule has 1 fully saturated rings. The minimum Gasteiger partial charge on any atom is -0.497 e. The molecule has 9 heteroatoms. The number of carbonyl (C=O) groups excluding carboxylic acids is 2. The number of hydrogen-bond acceptors (Lipinski definition) is 8. The molecule has 0 aromatic heterocycles. The van der Waals surface area contributed by atoms with Crippen LogP contribution in [0.15, 0.2) is 48.5 Å². The summed E-state index contributed by atoms with van der Waals surface area (Å²) in [5, 5.41) is 0. The Balaban J connectivity index is 1.65. The lowest BCUT2D eigenvalue weighted by Crippen LogP contribution is -2.37. The number of alkyl halides is 1. The topological polar surface area (TPSA) is 89.5 Å². The lowest BCUT2D eigenvalue weighted by molar-refractivity contribution is -0.142. The second-order valence-electron chi connectivity index (χ2n) is 6.65. The molecule has 0 amide bonds. The van der Waals surface area contributed by atoms with Gasteiger partial charge in [0.15, 0.2) is 18.6 Å². The summed E-state index contributed by atoms with van der Waals surface area (Å²) in [4.78, 5) is 24.7. The van der Waals surface area contributed by atoms with E-state index in [0.717, 1.165) is 0 Å². The van der Waals surface area contributed by atoms with Crippen molar-refractivity contribution >= 4 is 11.9 Å². The van der Waals surface area contributed by atoms with Crippen molar-refractivity contribution in [3.8, 4) is 11.5 Å². The van der Waals surface area contributed by atoms with E-state index in [1.807, 2.05) is 0 Å². The minimum absolute atomic E-state index is 0.211. The van der Waals surface area contributed by atoms with E-state index in [2.05, 4.69) is 0 Å². The summed E-state index contributed by atoms with van der Waals surface area (Å²) in [5.41, 5.74) is 0.494. The highest BCUT2D eigenvalue weighted by molar-refractivity contribution is 5.90. The zero-order chi connectivity index (χ0) is 22.4. The van der Waals surface area contributed by atoms with Crippen LogP contribution in [-0.4, -0.2) is 64.5 Å². The third kappa shape index (κ3) is 5.31. The molecule has 2 aromatic carbocycles. The Morgan fingerprint density at radius 3 is 1.87 bits per heavy atom. The van der Waals surface area contributed by atoms with Crippen LogP contribution in [-0.2, 0) is 18.9 Å². The van der Waals surface area contributed by atoms with Crippen molar-refractivity contribution in [2.24, 2.45) is 0 Å². The first-order chi connectivity index (χ1) is 15.0. The normalized spacial score (nSPS) is 22.6. The average molecular weight is 434 g/mol. The van der Waals surface area contributed by atoms with Crippen LogP contribution >= 0.6 is 0 Å². The average Bonchev–Trinajstić information content (AvgIpc) is 3.11. The van der Waals surface area contributed by atoms with Gasteiger partial charge < -0.3 is 28.4 Å². The van der Waals surface area contributed by atoms with Crippen LogP contribution in [0.5, 0.6) is 11.5 Å². The van der Waals surface area contributed by atoms with E-state index >= 15 is 0 Å². The summed E-state index contributed by atoms with van der Waals surface area (Å²) in [6.07, 6.45) is -5.36. The predicted molar refractivity (Wildman–Crippen MR) is 106 cm³/mol. The summed E-state index contributed by atoms with van der Waals surface area (Å²) >= 11 is 0. The van der Waals surface area contributed by atoms with Crippen molar-refractivity contribution in [3.63, 3.8) is 0 Å². The molecule has 1 aliphatic rings. The number of hydrogen-bond donors (Lipinski definition) is 0. The molecule has 0 radical (unpaired) electrons. The highest BCUT2D eigenvalue weighted by atomic mass is 19.1. The second-order valence-corrected chi connectivity index (χ2v) is 6.65. The quantitative estimate of drug-likeness (QED) is 0.586. The van der Waals surface area contributed by atoms with Gasteiger partial charge in [-0.3, -0.25) is 0 Å². The molecule has 0 spiro atoms. The van der Waals surface area contributed by atoms with Gasteiger partial charge >= 0.3 is 11.9 Å². The molecular formula is C22H23FO8. The van der Waals surface area contributed by atoms with Crippen molar-refractivity contribution < 1.29 is 42.4 Å². The molecule has 1 saturated heterocycles. The maximum absolute atomic E-state index is 14.7. The van der Waals surface area contributed by atoms with Gasteiger partial charge in [0.2, 0.25) is 0 Å². The summed E-state index contributed by atoms with van der Waals surface area (Å²) in [7, 11) is 4.28. The van der Waals surface area contributed by atoms with Gasteiger partial charge in [0, 0.05) is 7.11 Å². The fourth-order valence-corrected chi connectivity index (χ4v) is 3.03. The first-order valence-corrected chi connectivity index (χ1v) is 9.45. The van der Waals surface area contributed by atoms with E-state index in [-0.39, 0.29) is 17.7 Å². The van der Waals surface area contributed by atoms with Crippen LogP contribution in [0.4, 0.5) is 4.39 Å². The third-order valence-electron chi connectivity index (χ3n) is 4.75. The number of benzene rings is 2. The van der Waals surface area contributed by atoms with Crippen LogP contribution < -0.4 is 9.47 Å². The molecule has 0 aliphatic carbocycles. The Labute approximate surface area is 178 Å². The number of methoxy groups -OCH3 is 3. The van der Waals surface area contributed by atoms with Crippen LogP contribution in [0.1, 0.15) is 20.7 Å². The van der Waals surface area contributed by atoms with Gasteiger partial charge in [-0.1, -0.05) is 0 Å². The van der Waals surface area contributed by atoms with E-state index in [1.54, 1.807) is 24.3 Å². The lowest BCUT2D eigenvalue weighted by Gasteiger charge is -2.19. The van der Waals surface area contributed by atoms with Gasteiger partial charge in [-0.2, -0.15) is 0 Å². The molecule has 1 unspecified atom stereocenters. The summed E-state index contributed by atoms with van der Waals surface area (Å²) in [5.74, 6) is -0.235. The zero-order valence-corrected chi connectivity index (χ0v) is 17.3. The van der Waals surface area contributed by atoms with E-state index in [0.29, 0.717) is 11.5 Å². The summed E-state index contributed by atoms with van der Waals surface area (Å²) in [6, 6.07) is 12.5. The molecule has 31 heavy (non-hydrogen) atoms. The van der Waals surface area contributed by atoms with Crippen molar-refractivity contribution in [3.05, 3.63) is 59.7 Å². The van der Waals surface area contributed by atoms with Gasteiger partial charge in [0.05, 0.1) is 25.3 Å². The molecule has 0 saturated carbocycles. The van der Waals surface area contributed by atoms with Crippen LogP contribution in [0.2, 0.25) is 0 Å². The molecule has 0 N–H and O–H groups in total. The Morgan fingerprint density at radius 1 is 0.871 bits per heavy atom. The molecule has 1 heterocycles. The van der Waals surface area contributed by atoms with Crippen LogP contribution in [0.3, 0.4) is 0 Å². The molecule has 4 atom stereocenters. The van der Waals surface area contributed by atoms with Gasteiger partial charge in [-0.25, -0.2) is 14.0 Å². The predicted octanol–water partition coefficient (Wildman–Crippen LogP) is 2.80. The summed E-state index contributed by atoms with van der Waals surface area (Å²) in [6.45, 7) is -0.328. The minimum atomic E-state index is -1.75. The number of ether oxygens (including phenoxy) is 6. The van der Waals surface area contributed by atoms with Crippen molar-refractivity contribution in [1.82, 2.24) is 0 Å². The molecule has 2 aromatic rings. The van der Waals surface area contributed by atoms with Crippen molar-refractivity contribution in [2.75, 3.05) is 27.9 Å². The van der Waals surface area contributed by atoms with Gasteiger partial charge in [-0.05, 0) is 48.5 Å². The first-order valence-electron chi connectivity index (χ1n) is 9.45. The van der Waals surface area contributed by atoms with Crippen molar-refractivity contribution in [2.45, 2.75) is 24.7 Å². The molecule has 8 nitrogen and oxygen atoms in total. The highest BCUT2D eigenvalue weighted by Gasteiger charge is 2.48. The Morgan fingerprint density at radius 2 is 1.39 bits per heavy atom. The number of halogens is 1. The number of esters is 2. The van der Waals surface area contributed by atoms with E-state index in [1.165, 1.54) is 45.6 Å². The van der Waals surface area contributed by atoms with Crippen molar-refractivity contribution in [1.29, 1.82) is 0 Å². The zero-order valence-electron chi connectivity index (χ0n) is 17.3. The fourth-order valence-electron chi connectivity index (χ4n) is 3.03. The monoisotopic (exact) mass is 434 g/mol. The van der Waals surface area contributed by atoms with Gasteiger partial charge in [0.25, 0.3) is 0 Å². The van der Waals surface area contributed by atoms with E-state index in [4.69, 9.17) is 28.4 Å². The maximum Gasteiger partial charge on any atom is 0.338 e. The third-order valence-corrected chi connectivity index (χ3v) is 4.75. The van der Waals surface area contributed by atoms with Crippen LogP contribution in [0.25, 0.3) is 0 Å². The Hall–Kier alpha value is -3.17. The summed E-state index contributed by atoms with van der Waals surface area (Å²) < 4.78 is 45.8. The lowest BCUT2D eigenvalue weighted by atomic mass is 10.1. The largest absolute Gasteiger partial charge is 0.497 e. The number of rotatable bonds is 8. The Bertz CT molecular complexity index is 883. The standard InChI is InChI=1S/C22H23FO8/c1-26-15-8-4-13(5-9-15)20(24)29-12-17-19(18(23)22(28-3)30-17)31-21(25)14-6-10-16(27-2)11-7-14/h4-11,17-19,22H,12H2,1-3H3/t17-,18+,19-,22?/m1/s1. The molecule has 1 aliphatic heterocycles. The van der Waals surface area contributed by atoms with Crippen LogP contribution in [0, 0.1) is 0 Å². The molecule has 166 valence electrons. The maximum atomic E-state index is 14.7. The smallest absolute Gasteiger partial charge is 0.338 e. The molecule has 0 bridgehead atoms. The van der Waals surface area contributed by atoms with E-state index < -0.39 is 36.6 Å². The molecule has 3 rings (SSSR count). The van der Waals surface area contributed by atoms with E-state index in [9.17, 15) is 14.0 Å². The van der Waals surface area contributed by atoms with Gasteiger partial charge in [-0.15, -0.1) is 0 Å². The first kappa shape index (κ1) is 22.5. The second kappa shape index (κ2) is 10.2. The highest BCUT2D eigenvalue weighted by Crippen LogP contribution is 2.29. The Kier molecular flexibility index (Phi) is 7.43. The molecular weight excluding hydrogens is 411 g/mol.